The normalized spacial score (nSPS) is 11.4. The Labute approximate surface area is 292 Å². The van der Waals surface area contributed by atoms with Gasteiger partial charge in [0.1, 0.15) is 6.54 Å². The van der Waals surface area contributed by atoms with Gasteiger partial charge in [0.05, 0.1) is 12.2 Å². The first-order chi connectivity index (χ1) is 22.3. The number of carbonyl (C=O) groups is 1. The molecular weight excluding hydrogens is 586 g/mol. The van der Waals surface area contributed by atoms with Gasteiger partial charge >= 0.3 is 5.97 Å². The van der Waals surface area contributed by atoms with Crippen molar-refractivity contribution in [3.05, 3.63) is 54.4 Å². The lowest BCUT2D eigenvalue weighted by molar-refractivity contribution is -0.697. The number of carbonyl (C=O) groups excluding carboxylic acids is 1. The summed E-state index contributed by atoms with van der Waals surface area (Å²) in [5.74, 6) is -0.188. The average Bonchev–Trinajstić information content (AvgIpc) is 3.06. The molecule has 0 bridgehead atoms. The Bertz CT molecular complexity index is 819. The standard InChI is InChI=1S/C42H74NO2.ClH/c1-3-5-7-9-11-13-15-17-19-21-23-25-27-29-31-33-37-43-38-35-41(36-39-43)42(44)45-40-34-32-30-28-26-24-22-20-18-16-14-12-10-8-6-4-2;/h17-20,35-36,38-39H,3-16,21-34,37,40H2,1-2H3;1H/q+1;/p-1/b19-17-,20-18+;. The third-order valence-corrected chi connectivity index (χ3v) is 8.94. The van der Waals surface area contributed by atoms with E-state index < -0.39 is 0 Å². The van der Waals surface area contributed by atoms with Crippen LogP contribution in [0.1, 0.15) is 204 Å². The van der Waals surface area contributed by atoms with E-state index in [0.29, 0.717) is 12.2 Å². The Morgan fingerprint density at radius 3 is 1.28 bits per heavy atom. The summed E-state index contributed by atoms with van der Waals surface area (Å²) in [6.45, 7) is 6.11. The van der Waals surface area contributed by atoms with Gasteiger partial charge in [-0.15, -0.1) is 0 Å². The van der Waals surface area contributed by atoms with Crippen LogP contribution in [0.15, 0.2) is 48.8 Å². The summed E-state index contributed by atoms with van der Waals surface area (Å²) < 4.78 is 7.71. The third kappa shape index (κ3) is 29.8. The molecule has 0 aliphatic rings. The van der Waals surface area contributed by atoms with Gasteiger partial charge in [-0.1, -0.05) is 147 Å². The van der Waals surface area contributed by atoms with Crippen LogP contribution in [0, 0.1) is 0 Å². The molecule has 3 nitrogen and oxygen atoms in total. The largest absolute Gasteiger partial charge is 1.00 e. The molecule has 1 aromatic rings. The van der Waals surface area contributed by atoms with Gasteiger partial charge in [0.15, 0.2) is 12.4 Å². The number of allylic oxidation sites excluding steroid dienone is 4. The molecule has 46 heavy (non-hydrogen) atoms. The number of rotatable bonds is 33. The fourth-order valence-electron chi connectivity index (χ4n) is 5.88. The summed E-state index contributed by atoms with van der Waals surface area (Å²) in [5.41, 5.74) is 0.664. The van der Waals surface area contributed by atoms with Gasteiger partial charge in [-0.2, -0.15) is 0 Å². The smallest absolute Gasteiger partial charge is 0.338 e. The number of halogens is 1. The molecule has 0 aliphatic carbocycles. The highest BCUT2D eigenvalue weighted by atomic mass is 35.5. The zero-order valence-electron chi connectivity index (χ0n) is 30.5. The van der Waals surface area contributed by atoms with Gasteiger partial charge in [-0.05, 0) is 64.2 Å². The van der Waals surface area contributed by atoms with Crippen LogP contribution in [-0.4, -0.2) is 12.6 Å². The van der Waals surface area contributed by atoms with E-state index in [9.17, 15) is 4.79 Å². The van der Waals surface area contributed by atoms with E-state index in [1.807, 2.05) is 24.5 Å². The van der Waals surface area contributed by atoms with E-state index in [1.54, 1.807) is 0 Å². The van der Waals surface area contributed by atoms with Crippen molar-refractivity contribution >= 4 is 5.97 Å². The minimum Gasteiger partial charge on any atom is -1.00 e. The second-order valence-corrected chi connectivity index (χ2v) is 13.3. The van der Waals surface area contributed by atoms with Gasteiger partial charge in [0, 0.05) is 18.6 Å². The molecule has 1 aromatic heterocycles. The first kappa shape index (κ1) is 44.4. The number of hydrogen-bond donors (Lipinski definition) is 0. The zero-order valence-corrected chi connectivity index (χ0v) is 31.2. The van der Waals surface area contributed by atoms with Gasteiger partial charge < -0.3 is 17.1 Å². The molecular formula is C42H74ClNO2. The molecule has 0 fully saturated rings. The lowest BCUT2D eigenvalue weighted by atomic mass is 10.1. The van der Waals surface area contributed by atoms with E-state index in [-0.39, 0.29) is 18.4 Å². The summed E-state index contributed by atoms with van der Waals surface area (Å²) in [7, 11) is 0. The number of aromatic nitrogens is 1. The van der Waals surface area contributed by atoms with Crippen LogP contribution in [0.2, 0.25) is 0 Å². The highest BCUT2D eigenvalue weighted by Gasteiger charge is 2.09. The molecule has 1 heterocycles. The van der Waals surface area contributed by atoms with E-state index in [1.165, 1.54) is 167 Å². The maximum atomic E-state index is 12.4. The van der Waals surface area contributed by atoms with Gasteiger partial charge in [-0.25, -0.2) is 9.36 Å². The molecule has 0 atom stereocenters. The van der Waals surface area contributed by atoms with E-state index >= 15 is 0 Å². The van der Waals surface area contributed by atoms with E-state index in [0.717, 1.165) is 19.4 Å². The zero-order chi connectivity index (χ0) is 32.3. The molecule has 0 amide bonds. The fraction of sp³-hybridized carbons (Fsp3) is 0.762. The SMILES string of the molecule is CCCCCCCC/C=C\CCCCCCCC[n+]1ccc(C(=O)OCCCCCCCC/C=C/CCCCCCCC)cc1.[Cl-]. The second-order valence-electron chi connectivity index (χ2n) is 13.3. The quantitative estimate of drug-likeness (QED) is 0.0325. The highest BCUT2D eigenvalue weighted by Crippen LogP contribution is 2.12. The average molecular weight is 661 g/mol. The predicted molar refractivity (Wildman–Crippen MR) is 196 cm³/mol. The number of nitrogens with zero attached hydrogens (tertiary/aromatic N) is 1. The number of ether oxygens (including phenoxy) is 1. The molecule has 0 aromatic carbocycles. The monoisotopic (exact) mass is 660 g/mol. The molecule has 0 N–H and O–H groups in total. The van der Waals surface area contributed by atoms with Crippen molar-refractivity contribution in [2.75, 3.05) is 6.61 Å². The Kier molecular flexibility index (Phi) is 35.0. The van der Waals surface area contributed by atoms with Crippen molar-refractivity contribution in [1.29, 1.82) is 0 Å². The molecule has 266 valence electrons. The topological polar surface area (TPSA) is 30.2 Å². The molecule has 1 rings (SSSR count). The van der Waals surface area contributed by atoms with Crippen LogP contribution in [0.5, 0.6) is 0 Å². The number of unbranched alkanes of at least 4 members (excludes halogenated alkanes) is 24. The highest BCUT2D eigenvalue weighted by molar-refractivity contribution is 5.88. The fourth-order valence-corrected chi connectivity index (χ4v) is 5.88. The van der Waals surface area contributed by atoms with E-state index in [4.69, 9.17) is 4.74 Å². The van der Waals surface area contributed by atoms with Crippen LogP contribution >= 0.6 is 0 Å². The maximum absolute atomic E-state index is 12.4. The number of pyridine rings is 1. The lowest BCUT2D eigenvalue weighted by Gasteiger charge is -2.05. The summed E-state index contributed by atoms with van der Waals surface area (Å²) in [4.78, 5) is 12.4. The maximum Gasteiger partial charge on any atom is 0.338 e. The van der Waals surface area contributed by atoms with Gasteiger partial charge in [-0.3, -0.25) is 0 Å². The van der Waals surface area contributed by atoms with Gasteiger partial charge in [0.25, 0.3) is 0 Å². The van der Waals surface area contributed by atoms with Crippen LogP contribution in [0.4, 0.5) is 0 Å². The molecule has 0 radical (unpaired) electrons. The van der Waals surface area contributed by atoms with Crippen LogP contribution in [0.25, 0.3) is 0 Å². The first-order valence-electron chi connectivity index (χ1n) is 19.7. The Balaban J connectivity index is 0.0000202. The van der Waals surface area contributed by atoms with Crippen molar-refractivity contribution in [1.82, 2.24) is 0 Å². The van der Waals surface area contributed by atoms with Crippen molar-refractivity contribution in [3.63, 3.8) is 0 Å². The molecule has 0 aliphatic heterocycles. The van der Waals surface area contributed by atoms with Crippen LogP contribution in [0.3, 0.4) is 0 Å². The summed E-state index contributed by atoms with van der Waals surface area (Å²) >= 11 is 0. The third-order valence-electron chi connectivity index (χ3n) is 8.94. The summed E-state index contributed by atoms with van der Waals surface area (Å²) in [6, 6.07) is 3.81. The Morgan fingerprint density at radius 1 is 0.522 bits per heavy atom. The molecule has 4 heteroatoms. The van der Waals surface area contributed by atoms with Crippen molar-refractivity contribution in [3.8, 4) is 0 Å². The summed E-state index contributed by atoms with van der Waals surface area (Å²) in [5, 5.41) is 0. The first-order valence-corrected chi connectivity index (χ1v) is 19.7. The van der Waals surface area contributed by atoms with E-state index in [2.05, 4.69) is 42.7 Å². The van der Waals surface area contributed by atoms with Crippen molar-refractivity contribution in [2.24, 2.45) is 0 Å². The van der Waals surface area contributed by atoms with Crippen molar-refractivity contribution in [2.45, 2.75) is 200 Å². The Hall–Kier alpha value is -1.61. The number of hydrogen-bond acceptors (Lipinski definition) is 2. The Morgan fingerprint density at radius 2 is 0.870 bits per heavy atom. The van der Waals surface area contributed by atoms with Crippen LogP contribution in [-0.2, 0) is 11.3 Å². The molecule has 0 saturated carbocycles. The number of aryl methyl sites for hydroxylation is 1. The second kappa shape index (κ2) is 36.2. The minimum absolute atomic E-state index is 0. The van der Waals surface area contributed by atoms with Crippen LogP contribution < -0.4 is 17.0 Å². The molecule has 0 spiro atoms. The van der Waals surface area contributed by atoms with Crippen molar-refractivity contribution < 1.29 is 26.5 Å². The molecule has 0 saturated heterocycles. The summed E-state index contributed by atoms with van der Waals surface area (Å²) in [6.07, 6.45) is 50.3. The minimum atomic E-state index is -0.188. The predicted octanol–water partition coefficient (Wildman–Crippen LogP) is 10.2. The van der Waals surface area contributed by atoms with Gasteiger partial charge in [0.2, 0.25) is 0 Å². The number of esters is 1. The lowest BCUT2D eigenvalue weighted by Crippen LogP contribution is -3.00. The molecule has 0 unspecified atom stereocenters.